The number of aliphatic hydroxyl groups excluding tert-OH is 1. The van der Waals surface area contributed by atoms with E-state index in [4.69, 9.17) is 16.2 Å². The number of aliphatic imine (C=N–C) groups is 1. The van der Waals surface area contributed by atoms with Gasteiger partial charge in [-0.3, -0.25) is 0 Å². The number of fused-ring (bicyclic) bond motifs is 2. The van der Waals surface area contributed by atoms with Gasteiger partial charge in [0.2, 0.25) is 6.23 Å². The number of aryl methyl sites for hydroxylation is 1. The summed E-state index contributed by atoms with van der Waals surface area (Å²) in [6.07, 6.45) is 2.95. The minimum absolute atomic E-state index is 0. The number of benzene rings is 3. The summed E-state index contributed by atoms with van der Waals surface area (Å²) in [6.45, 7) is 2.11. The van der Waals surface area contributed by atoms with Crippen LogP contribution in [0.4, 0.5) is 0 Å². The molecule has 0 spiro atoms. The topological polar surface area (TPSA) is 171 Å². The zero-order valence-electron chi connectivity index (χ0n) is 25.5. The van der Waals surface area contributed by atoms with E-state index in [9.17, 15) is 23.2 Å². The smallest absolute Gasteiger partial charge is 0.748 e. The van der Waals surface area contributed by atoms with E-state index in [1.165, 1.54) is 12.1 Å². The molecular weight excluding hydrogens is 601 g/mol. The van der Waals surface area contributed by atoms with E-state index in [-0.39, 0.29) is 65.4 Å². The van der Waals surface area contributed by atoms with E-state index in [1.54, 1.807) is 12.1 Å². The molecule has 0 saturated carbocycles. The van der Waals surface area contributed by atoms with Crippen molar-refractivity contribution >= 4 is 16.1 Å². The van der Waals surface area contributed by atoms with Crippen molar-refractivity contribution in [1.29, 1.82) is 0 Å². The zero-order valence-corrected chi connectivity index (χ0v) is 28.4. The Hall–Kier alpha value is -2.86. The first-order valence-corrected chi connectivity index (χ1v) is 16.6. The van der Waals surface area contributed by atoms with E-state index < -0.39 is 33.6 Å². The van der Waals surface area contributed by atoms with Crippen molar-refractivity contribution in [3.05, 3.63) is 106 Å². The van der Waals surface area contributed by atoms with Crippen LogP contribution in [0.1, 0.15) is 84.6 Å². The quantitative estimate of drug-likeness (QED) is 0.110. The molecule has 0 saturated heterocycles. The van der Waals surface area contributed by atoms with Gasteiger partial charge >= 0.3 is 29.6 Å². The number of rotatable bonds is 4. The molecule has 2 aliphatic carbocycles. The molecular formula is C34H38N3NaO6S. The Morgan fingerprint density at radius 1 is 0.978 bits per heavy atom. The fourth-order valence-electron chi connectivity index (χ4n) is 7.36. The maximum Gasteiger partial charge on any atom is 1.00 e. The van der Waals surface area contributed by atoms with E-state index in [0.29, 0.717) is 29.7 Å². The summed E-state index contributed by atoms with van der Waals surface area (Å²) in [5, 5.41) is 19.9. The second-order valence-electron chi connectivity index (χ2n) is 12.4. The molecule has 232 valence electrons. The first-order valence-electron chi connectivity index (χ1n) is 15.1. The fourth-order valence-corrected chi connectivity index (χ4v) is 8.45. The van der Waals surface area contributed by atoms with Gasteiger partial charge in [0.05, 0.1) is 15.4 Å². The van der Waals surface area contributed by atoms with Crippen LogP contribution < -0.4 is 45.8 Å². The van der Waals surface area contributed by atoms with E-state index in [1.807, 2.05) is 48.5 Å². The van der Waals surface area contributed by atoms with Gasteiger partial charge in [0.15, 0.2) is 5.96 Å². The molecule has 7 unspecified atom stereocenters. The molecule has 8 rings (SSSR count). The fraction of sp³-hybridized carbons (Fsp3) is 0.382. The average Bonchev–Trinajstić information content (AvgIpc) is 3.00. The Bertz CT molecular complexity index is 1690. The van der Waals surface area contributed by atoms with Gasteiger partial charge in [0, 0.05) is 5.56 Å². The Labute approximate surface area is 286 Å². The van der Waals surface area contributed by atoms with Crippen LogP contribution in [0, 0.1) is 11.8 Å². The van der Waals surface area contributed by atoms with Gasteiger partial charge < -0.3 is 31.0 Å². The minimum Gasteiger partial charge on any atom is -0.748 e. The number of allylic oxidation sites excluding steroid dienone is 1. The van der Waals surface area contributed by atoms with Crippen LogP contribution in [-0.4, -0.2) is 34.4 Å². The summed E-state index contributed by atoms with van der Waals surface area (Å²) < 4.78 is 45.9. The third kappa shape index (κ3) is 7.11. The van der Waals surface area contributed by atoms with Crippen molar-refractivity contribution in [2.24, 2.45) is 28.3 Å². The first-order chi connectivity index (χ1) is 21.0. The van der Waals surface area contributed by atoms with E-state index in [2.05, 4.69) is 11.9 Å². The molecule has 0 amide bonds. The number of nitrogens with two attached hydrogens (primary N) is 2. The molecule has 45 heavy (non-hydrogen) atoms. The maximum absolute atomic E-state index is 13.2. The molecule has 0 radical (unpaired) electrons. The van der Waals surface area contributed by atoms with Gasteiger partial charge in [-0.05, 0) is 108 Å². The standard InChI is InChI=1S/C34H39N3O6S.Na/c1-19-2-3-23-16-26-13-15-28(23)29(19)18-31(44(40,41)42)30-17-24(32(39)21-8-11-25(38)12-9-21)10-14-27(30)20-4-6-22(7-5-20)33(43-26)37-34(35)36;/h4-9,11-13,15-17,19,27,29-33,38-39H,2-3,10,14,18H2,1H3,(H4,35,36,37)(H,40,41,42);/q;+1/p-1. The average molecular weight is 640 g/mol. The molecule has 9 nitrogen and oxygen atoms in total. The number of hydrogen-bond acceptors (Lipinski definition) is 7. The molecule has 5 aliphatic rings. The van der Waals surface area contributed by atoms with Crippen LogP contribution in [-0.2, 0) is 16.5 Å². The summed E-state index contributed by atoms with van der Waals surface area (Å²) in [4.78, 5) is 4.34. The molecule has 3 aliphatic heterocycles. The van der Waals surface area contributed by atoms with Crippen LogP contribution in [0.2, 0.25) is 0 Å². The van der Waals surface area contributed by atoms with E-state index in [0.717, 1.165) is 35.1 Å². The SMILES string of the molecule is CC1CCc2cc3ccc2C1CC(S(=O)(=O)[O-])C1C=C(C(O)c2ccc(O)cc2)CCC1c1ccc(cc1)C(N=C(N)N)O3.[Na+]. The van der Waals surface area contributed by atoms with Crippen LogP contribution >= 0.6 is 0 Å². The third-order valence-corrected chi connectivity index (χ3v) is 10.9. The van der Waals surface area contributed by atoms with Crippen molar-refractivity contribution in [3.8, 4) is 11.5 Å². The van der Waals surface area contributed by atoms with E-state index >= 15 is 0 Å². The van der Waals surface area contributed by atoms with Crippen molar-refractivity contribution in [2.75, 3.05) is 0 Å². The van der Waals surface area contributed by atoms with Gasteiger partial charge in [0.1, 0.15) is 17.6 Å². The molecule has 6 N–H and O–H groups in total. The third-order valence-electron chi connectivity index (χ3n) is 9.70. The Morgan fingerprint density at radius 3 is 2.33 bits per heavy atom. The van der Waals surface area contributed by atoms with Gasteiger partial charge in [-0.1, -0.05) is 55.5 Å². The largest absolute Gasteiger partial charge is 1.00 e. The van der Waals surface area contributed by atoms with Gasteiger partial charge in [0.25, 0.3) is 0 Å². The molecule has 11 heteroatoms. The van der Waals surface area contributed by atoms with Gasteiger partial charge in [-0.25, -0.2) is 13.4 Å². The maximum atomic E-state index is 13.2. The number of phenolic OH excluding ortho intramolecular Hbond substituents is 1. The second-order valence-corrected chi connectivity index (χ2v) is 14.0. The van der Waals surface area contributed by atoms with Crippen molar-refractivity contribution < 1.29 is 57.5 Å². The summed E-state index contributed by atoms with van der Waals surface area (Å²) in [5.74, 6) is -0.346. The Kier molecular flexibility index (Phi) is 10.0. The van der Waals surface area contributed by atoms with Crippen molar-refractivity contribution in [2.45, 2.75) is 68.4 Å². The van der Waals surface area contributed by atoms with Crippen molar-refractivity contribution in [1.82, 2.24) is 0 Å². The molecule has 3 aromatic carbocycles. The summed E-state index contributed by atoms with van der Waals surface area (Å²) >= 11 is 0. The first kappa shape index (κ1) is 33.5. The normalized spacial score (nSPS) is 26.6. The number of phenols is 1. The van der Waals surface area contributed by atoms with Gasteiger partial charge in [-0.15, -0.1) is 0 Å². The predicted molar refractivity (Wildman–Crippen MR) is 167 cm³/mol. The Morgan fingerprint density at radius 2 is 1.67 bits per heavy atom. The minimum atomic E-state index is -4.76. The number of ether oxygens (including phenoxy) is 1. The van der Waals surface area contributed by atoms with Gasteiger partial charge in [-0.2, -0.15) is 0 Å². The monoisotopic (exact) mass is 639 g/mol. The number of guanidine groups is 1. The zero-order chi connectivity index (χ0) is 31.2. The molecule has 0 fully saturated rings. The summed E-state index contributed by atoms with van der Waals surface area (Å²) in [7, 11) is -4.76. The molecule has 6 bridgehead atoms. The molecule has 3 heterocycles. The van der Waals surface area contributed by atoms with Crippen LogP contribution in [0.3, 0.4) is 0 Å². The molecule has 7 atom stereocenters. The van der Waals surface area contributed by atoms with Crippen LogP contribution in [0.15, 0.2) is 83.4 Å². The summed E-state index contributed by atoms with van der Waals surface area (Å²) in [5.41, 5.74) is 16.5. The van der Waals surface area contributed by atoms with Crippen LogP contribution in [0.25, 0.3) is 0 Å². The number of nitrogens with zero attached hydrogens (tertiary/aromatic N) is 1. The second kappa shape index (κ2) is 13.5. The summed E-state index contributed by atoms with van der Waals surface area (Å²) in [6, 6.07) is 19.7. The Balaban J connectivity index is 0.00000400. The number of aromatic hydroxyl groups is 1. The van der Waals surface area contributed by atoms with Crippen LogP contribution in [0.5, 0.6) is 11.5 Å². The molecule has 3 aromatic rings. The number of hydrogen-bond donors (Lipinski definition) is 4. The number of aliphatic hydroxyl groups is 1. The molecule has 0 aromatic heterocycles. The predicted octanol–water partition coefficient (Wildman–Crippen LogP) is 1.88. The van der Waals surface area contributed by atoms with Crippen molar-refractivity contribution in [3.63, 3.8) is 0 Å².